The molecule has 18 heavy (non-hydrogen) atoms. The van der Waals surface area contributed by atoms with Gasteiger partial charge in [0.15, 0.2) is 0 Å². The minimum Gasteiger partial charge on any atom is -0.362 e. The van der Waals surface area contributed by atoms with E-state index < -0.39 is 0 Å². The van der Waals surface area contributed by atoms with Gasteiger partial charge in [-0.15, -0.1) is 0 Å². The summed E-state index contributed by atoms with van der Waals surface area (Å²) in [6.45, 7) is 4.27. The quantitative estimate of drug-likeness (QED) is 0.842. The third-order valence-corrected chi connectivity index (χ3v) is 4.73. The molecule has 2 fully saturated rings. The minimum atomic E-state index is 0.698. The topological polar surface area (TPSA) is 44.0 Å². The van der Waals surface area contributed by atoms with Gasteiger partial charge in [0.25, 0.3) is 0 Å². The molecule has 2 saturated heterocycles. The Morgan fingerprint density at radius 3 is 2.39 bits per heavy atom. The second-order valence-electron chi connectivity index (χ2n) is 5.89. The van der Waals surface area contributed by atoms with E-state index in [0.29, 0.717) is 18.1 Å². The Balaban J connectivity index is 1.93. The van der Waals surface area contributed by atoms with E-state index in [-0.39, 0.29) is 0 Å². The summed E-state index contributed by atoms with van der Waals surface area (Å²) in [5.74, 6) is 0. The van der Waals surface area contributed by atoms with Gasteiger partial charge in [-0.25, -0.2) is 0 Å². The van der Waals surface area contributed by atoms with Crippen LogP contribution in [0.15, 0.2) is 0 Å². The highest BCUT2D eigenvalue weighted by atomic mass is 15.3. The second-order valence-corrected chi connectivity index (χ2v) is 5.89. The third-order valence-electron chi connectivity index (χ3n) is 4.73. The molecule has 2 bridgehead atoms. The molecule has 3 heterocycles. The van der Waals surface area contributed by atoms with Gasteiger partial charge in [0.2, 0.25) is 0 Å². The van der Waals surface area contributed by atoms with Crippen LogP contribution in [0, 0.1) is 13.8 Å². The van der Waals surface area contributed by atoms with Crippen molar-refractivity contribution >= 4 is 5.69 Å². The fourth-order valence-electron chi connectivity index (χ4n) is 3.91. The van der Waals surface area contributed by atoms with Gasteiger partial charge in [0.05, 0.1) is 17.1 Å². The molecule has 0 amide bonds. The molecule has 1 aromatic rings. The molecule has 1 aromatic heterocycles. The maximum atomic E-state index is 4.38. The van der Waals surface area contributed by atoms with E-state index in [1.165, 1.54) is 43.5 Å². The maximum Gasteiger partial charge on any atom is 0.0827 e. The van der Waals surface area contributed by atoms with E-state index >= 15 is 0 Å². The van der Waals surface area contributed by atoms with E-state index in [1.54, 1.807) is 0 Å². The Kier molecular flexibility index (Phi) is 3.06. The molecule has 2 unspecified atom stereocenters. The molecular weight excluding hydrogens is 224 g/mol. The van der Waals surface area contributed by atoms with Crippen LogP contribution in [0.3, 0.4) is 0 Å². The number of aryl methyl sites for hydroxylation is 2. The van der Waals surface area contributed by atoms with Gasteiger partial charge in [-0.1, -0.05) is 0 Å². The Bertz CT molecular complexity index is 392. The average molecular weight is 248 g/mol. The summed E-state index contributed by atoms with van der Waals surface area (Å²) < 4.78 is 0. The SMILES string of the molecule is CNC1CC2CCCC(C1)N2c1c(C)n[nH]c1C. The Hall–Kier alpha value is -1.03. The number of fused-ring (bicyclic) bond motifs is 2. The first-order valence-corrected chi connectivity index (χ1v) is 7.18. The summed E-state index contributed by atoms with van der Waals surface area (Å²) in [5, 5.41) is 11.0. The molecule has 0 aliphatic carbocycles. The second kappa shape index (κ2) is 4.57. The van der Waals surface area contributed by atoms with Crippen LogP contribution in [0.2, 0.25) is 0 Å². The number of anilines is 1. The van der Waals surface area contributed by atoms with Gasteiger partial charge < -0.3 is 10.2 Å². The predicted molar refractivity (Wildman–Crippen MR) is 74.0 cm³/mol. The molecule has 0 spiro atoms. The highest BCUT2D eigenvalue weighted by Gasteiger charge is 2.39. The van der Waals surface area contributed by atoms with Crippen LogP contribution in [-0.4, -0.2) is 35.4 Å². The number of rotatable bonds is 2. The van der Waals surface area contributed by atoms with Crippen molar-refractivity contribution in [2.24, 2.45) is 0 Å². The molecule has 4 heteroatoms. The molecular formula is C14H24N4. The smallest absolute Gasteiger partial charge is 0.0827 e. The van der Waals surface area contributed by atoms with Gasteiger partial charge in [-0.05, 0) is 53.0 Å². The summed E-state index contributed by atoms with van der Waals surface area (Å²) in [5.41, 5.74) is 3.76. The van der Waals surface area contributed by atoms with E-state index in [9.17, 15) is 0 Å². The lowest BCUT2D eigenvalue weighted by molar-refractivity contribution is 0.252. The largest absolute Gasteiger partial charge is 0.362 e. The molecule has 0 aromatic carbocycles. The molecule has 0 radical (unpaired) electrons. The summed E-state index contributed by atoms with van der Waals surface area (Å²) in [7, 11) is 2.10. The zero-order chi connectivity index (χ0) is 12.7. The number of nitrogens with one attached hydrogen (secondary N) is 2. The predicted octanol–water partition coefficient (Wildman–Crippen LogP) is 2.14. The third kappa shape index (κ3) is 1.83. The normalized spacial score (nSPS) is 31.7. The highest BCUT2D eigenvalue weighted by Crippen LogP contribution is 2.39. The maximum absolute atomic E-state index is 4.38. The van der Waals surface area contributed by atoms with Gasteiger partial charge in [-0.3, -0.25) is 5.10 Å². The average Bonchev–Trinajstić information content (AvgIpc) is 2.67. The van der Waals surface area contributed by atoms with Crippen molar-refractivity contribution in [1.82, 2.24) is 15.5 Å². The molecule has 100 valence electrons. The first-order valence-electron chi connectivity index (χ1n) is 7.18. The molecule has 4 nitrogen and oxygen atoms in total. The van der Waals surface area contributed by atoms with Crippen LogP contribution in [-0.2, 0) is 0 Å². The lowest BCUT2D eigenvalue weighted by atomic mass is 9.81. The van der Waals surface area contributed by atoms with Gasteiger partial charge in [0, 0.05) is 18.1 Å². The molecule has 2 atom stereocenters. The van der Waals surface area contributed by atoms with Gasteiger partial charge >= 0.3 is 0 Å². The number of hydrogen-bond acceptors (Lipinski definition) is 3. The molecule has 0 saturated carbocycles. The number of nitrogens with zero attached hydrogens (tertiary/aromatic N) is 2. The van der Waals surface area contributed by atoms with E-state index in [2.05, 4.69) is 41.3 Å². The van der Waals surface area contributed by atoms with Gasteiger partial charge in [0.1, 0.15) is 0 Å². The molecule has 3 rings (SSSR count). The number of hydrogen-bond donors (Lipinski definition) is 2. The van der Waals surface area contributed by atoms with Gasteiger partial charge in [-0.2, -0.15) is 5.10 Å². The Labute approximate surface area is 109 Å². The fourth-order valence-corrected chi connectivity index (χ4v) is 3.91. The van der Waals surface area contributed by atoms with Crippen molar-refractivity contribution in [2.75, 3.05) is 11.9 Å². The zero-order valence-electron chi connectivity index (χ0n) is 11.7. The first-order chi connectivity index (χ1) is 8.70. The molecule has 2 aliphatic rings. The lowest BCUT2D eigenvalue weighted by Crippen LogP contribution is -2.56. The lowest BCUT2D eigenvalue weighted by Gasteiger charge is -2.50. The minimum absolute atomic E-state index is 0.698. The van der Waals surface area contributed by atoms with Crippen molar-refractivity contribution in [3.8, 4) is 0 Å². The van der Waals surface area contributed by atoms with Crippen LogP contribution in [0.25, 0.3) is 0 Å². The standard InChI is InChI=1S/C14H24N4/c1-9-14(10(2)17-16-9)18-12-5-4-6-13(18)8-11(7-12)15-3/h11-13,15H,4-8H2,1-3H3,(H,16,17). The van der Waals surface area contributed by atoms with Crippen molar-refractivity contribution in [2.45, 2.75) is 64.1 Å². The van der Waals surface area contributed by atoms with Crippen molar-refractivity contribution in [1.29, 1.82) is 0 Å². The molecule has 2 aliphatic heterocycles. The monoisotopic (exact) mass is 248 g/mol. The summed E-state index contributed by atoms with van der Waals surface area (Å²) in [4.78, 5) is 2.67. The van der Waals surface area contributed by atoms with Crippen LogP contribution >= 0.6 is 0 Å². The molecule has 2 N–H and O–H groups in total. The van der Waals surface area contributed by atoms with Crippen LogP contribution < -0.4 is 10.2 Å². The summed E-state index contributed by atoms with van der Waals surface area (Å²) >= 11 is 0. The summed E-state index contributed by atoms with van der Waals surface area (Å²) in [6, 6.07) is 2.10. The Morgan fingerprint density at radius 2 is 1.89 bits per heavy atom. The summed E-state index contributed by atoms with van der Waals surface area (Å²) in [6.07, 6.45) is 6.60. The zero-order valence-corrected chi connectivity index (χ0v) is 11.7. The number of aromatic amines is 1. The van der Waals surface area contributed by atoms with Crippen LogP contribution in [0.4, 0.5) is 5.69 Å². The number of H-pyrrole nitrogens is 1. The number of piperidine rings is 2. The number of aromatic nitrogens is 2. The van der Waals surface area contributed by atoms with E-state index in [0.717, 1.165) is 5.69 Å². The van der Waals surface area contributed by atoms with Crippen molar-refractivity contribution in [3.05, 3.63) is 11.4 Å². The van der Waals surface area contributed by atoms with E-state index in [4.69, 9.17) is 0 Å². The van der Waals surface area contributed by atoms with Crippen LogP contribution in [0.5, 0.6) is 0 Å². The van der Waals surface area contributed by atoms with Crippen molar-refractivity contribution < 1.29 is 0 Å². The highest BCUT2D eigenvalue weighted by molar-refractivity contribution is 5.56. The van der Waals surface area contributed by atoms with Crippen LogP contribution in [0.1, 0.15) is 43.5 Å². The first kappa shape index (κ1) is 12.0. The Morgan fingerprint density at radius 1 is 1.22 bits per heavy atom. The van der Waals surface area contributed by atoms with Crippen molar-refractivity contribution in [3.63, 3.8) is 0 Å². The fraction of sp³-hybridized carbons (Fsp3) is 0.786. The van der Waals surface area contributed by atoms with E-state index in [1.807, 2.05) is 0 Å².